The summed E-state index contributed by atoms with van der Waals surface area (Å²) < 4.78 is 27.5. The number of thioether (sulfide) groups is 1. The van der Waals surface area contributed by atoms with Gasteiger partial charge >= 0.3 is 0 Å². The molecule has 31 heavy (non-hydrogen) atoms. The molecule has 168 valence electrons. The molecule has 1 N–H and O–H groups in total. The molecule has 1 fully saturated rings. The van der Waals surface area contributed by atoms with Gasteiger partial charge in [-0.05, 0) is 31.0 Å². The van der Waals surface area contributed by atoms with Crippen LogP contribution in [-0.2, 0) is 21.4 Å². The number of carbonyl (C=O) groups is 1. The van der Waals surface area contributed by atoms with Gasteiger partial charge < -0.3 is 5.32 Å². The number of rotatable bonds is 9. The van der Waals surface area contributed by atoms with Crippen molar-refractivity contribution in [2.24, 2.45) is 0 Å². The molecule has 0 saturated carbocycles. The quantitative estimate of drug-likeness (QED) is 0.577. The Bertz CT molecular complexity index is 944. The lowest BCUT2D eigenvalue weighted by atomic mass is 10.2. The number of nitrogens with zero attached hydrogens (tertiary/aromatic N) is 3. The van der Waals surface area contributed by atoms with Gasteiger partial charge in [0, 0.05) is 45.5 Å². The van der Waals surface area contributed by atoms with Crippen LogP contribution in [0.4, 0.5) is 0 Å². The van der Waals surface area contributed by atoms with Crippen molar-refractivity contribution >= 4 is 27.7 Å². The summed E-state index contributed by atoms with van der Waals surface area (Å²) in [6, 6.07) is 13.5. The molecule has 1 amide bonds. The Morgan fingerprint density at radius 2 is 1.84 bits per heavy atom. The maximum absolute atomic E-state index is 13.0. The van der Waals surface area contributed by atoms with E-state index in [0.717, 1.165) is 13.0 Å². The maximum Gasteiger partial charge on any atom is 0.244 e. The summed E-state index contributed by atoms with van der Waals surface area (Å²) in [6.07, 6.45) is 2.28. The summed E-state index contributed by atoms with van der Waals surface area (Å²) in [6.45, 7) is 7.60. The van der Waals surface area contributed by atoms with Crippen LogP contribution < -0.4 is 5.32 Å². The molecule has 3 rings (SSSR count). The van der Waals surface area contributed by atoms with Crippen molar-refractivity contribution in [3.05, 3.63) is 54.2 Å². The van der Waals surface area contributed by atoms with E-state index in [4.69, 9.17) is 0 Å². The molecule has 0 bridgehead atoms. The first kappa shape index (κ1) is 23.7. The maximum atomic E-state index is 13.0. The summed E-state index contributed by atoms with van der Waals surface area (Å²) in [7, 11) is -3.58. The van der Waals surface area contributed by atoms with Crippen LogP contribution in [0.2, 0.25) is 0 Å². The Morgan fingerprint density at radius 1 is 1.13 bits per heavy atom. The van der Waals surface area contributed by atoms with E-state index in [0.29, 0.717) is 37.7 Å². The molecule has 9 heteroatoms. The monoisotopic (exact) mass is 462 g/mol. The molecule has 1 aromatic heterocycles. The van der Waals surface area contributed by atoms with E-state index in [2.05, 4.69) is 27.3 Å². The minimum atomic E-state index is -3.58. The third kappa shape index (κ3) is 6.52. The molecule has 1 atom stereocenters. The molecule has 0 unspecified atom stereocenters. The highest BCUT2D eigenvalue weighted by atomic mass is 32.2. The van der Waals surface area contributed by atoms with E-state index in [9.17, 15) is 13.2 Å². The summed E-state index contributed by atoms with van der Waals surface area (Å²) in [5, 5.41) is 3.19. The number of nitrogens with one attached hydrogen (secondary N) is 1. The van der Waals surface area contributed by atoms with E-state index in [-0.39, 0.29) is 16.1 Å². The average molecular weight is 463 g/mol. The number of pyridine rings is 1. The van der Waals surface area contributed by atoms with Crippen LogP contribution in [0.25, 0.3) is 0 Å². The van der Waals surface area contributed by atoms with Gasteiger partial charge in [-0.2, -0.15) is 4.31 Å². The Balaban J connectivity index is 1.55. The van der Waals surface area contributed by atoms with Crippen LogP contribution in [0.15, 0.2) is 58.6 Å². The number of amides is 1. The van der Waals surface area contributed by atoms with Gasteiger partial charge in [0.25, 0.3) is 0 Å². The third-order valence-corrected chi connectivity index (χ3v) is 8.08. The predicted octanol–water partition coefficient (Wildman–Crippen LogP) is 2.59. The highest BCUT2D eigenvalue weighted by Gasteiger charge is 2.29. The van der Waals surface area contributed by atoms with Gasteiger partial charge in [0.05, 0.1) is 10.3 Å². The van der Waals surface area contributed by atoms with Crippen molar-refractivity contribution in [3.63, 3.8) is 0 Å². The van der Waals surface area contributed by atoms with Gasteiger partial charge in [0.15, 0.2) is 0 Å². The van der Waals surface area contributed by atoms with E-state index in [1.807, 2.05) is 32.0 Å². The SMILES string of the molecule is CCCNC(=O)[C@H](C)Sc1ccc(S(=O)(=O)N2CCN(Cc3ccccc3)CC2)cn1. The van der Waals surface area contributed by atoms with Gasteiger partial charge in [-0.1, -0.05) is 49.0 Å². The molecule has 7 nitrogen and oxygen atoms in total. The Hall–Kier alpha value is -1.94. The summed E-state index contributed by atoms with van der Waals surface area (Å²) >= 11 is 1.32. The fraction of sp³-hybridized carbons (Fsp3) is 0.455. The Kier molecular flexibility index (Phi) is 8.48. The minimum absolute atomic E-state index is 0.0429. The molecule has 2 heterocycles. The van der Waals surface area contributed by atoms with E-state index in [1.54, 1.807) is 12.1 Å². The topological polar surface area (TPSA) is 82.6 Å². The van der Waals surface area contributed by atoms with Gasteiger partial charge in [0.2, 0.25) is 15.9 Å². The first-order chi connectivity index (χ1) is 14.9. The summed E-state index contributed by atoms with van der Waals surface area (Å²) in [5.74, 6) is -0.0429. The van der Waals surface area contributed by atoms with Gasteiger partial charge in [-0.3, -0.25) is 9.69 Å². The van der Waals surface area contributed by atoms with Crippen molar-refractivity contribution in [1.29, 1.82) is 0 Å². The zero-order valence-corrected chi connectivity index (χ0v) is 19.7. The third-order valence-electron chi connectivity index (χ3n) is 5.14. The van der Waals surface area contributed by atoms with E-state index >= 15 is 0 Å². The van der Waals surface area contributed by atoms with Crippen molar-refractivity contribution in [2.75, 3.05) is 32.7 Å². The van der Waals surface area contributed by atoms with Crippen LogP contribution in [0, 0.1) is 0 Å². The van der Waals surface area contributed by atoms with E-state index < -0.39 is 10.0 Å². The fourth-order valence-electron chi connectivity index (χ4n) is 3.33. The molecule has 1 aliphatic rings. The van der Waals surface area contributed by atoms with Crippen molar-refractivity contribution in [2.45, 2.75) is 42.0 Å². The Morgan fingerprint density at radius 3 is 2.45 bits per heavy atom. The lowest BCUT2D eigenvalue weighted by Crippen LogP contribution is -2.48. The largest absolute Gasteiger partial charge is 0.355 e. The molecule has 1 aromatic carbocycles. The normalized spacial score (nSPS) is 16.7. The second-order valence-corrected chi connectivity index (χ2v) is 10.8. The van der Waals surface area contributed by atoms with E-state index in [1.165, 1.54) is 27.8 Å². The molecule has 0 spiro atoms. The number of hydrogen-bond donors (Lipinski definition) is 1. The number of sulfonamides is 1. The highest BCUT2D eigenvalue weighted by Crippen LogP contribution is 2.24. The number of piperazine rings is 1. The first-order valence-corrected chi connectivity index (χ1v) is 12.9. The molecule has 1 aliphatic heterocycles. The second kappa shape index (κ2) is 11.1. The molecular weight excluding hydrogens is 432 g/mol. The van der Waals surface area contributed by atoms with Gasteiger partial charge in [-0.25, -0.2) is 13.4 Å². The smallest absolute Gasteiger partial charge is 0.244 e. The standard InChI is InChI=1S/C22H30N4O3S2/c1-3-11-23-22(27)18(2)30-21-10-9-20(16-24-21)31(28,29)26-14-12-25(13-15-26)17-19-7-5-4-6-8-19/h4-10,16,18H,3,11-15,17H2,1-2H3,(H,23,27)/t18-/m0/s1. The van der Waals surface area contributed by atoms with Crippen LogP contribution in [0.1, 0.15) is 25.8 Å². The van der Waals surface area contributed by atoms with Crippen molar-refractivity contribution in [1.82, 2.24) is 19.5 Å². The number of benzene rings is 1. The molecule has 2 aromatic rings. The number of aromatic nitrogens is 1. The van der Waals surface area contributed by atoms with Crippen LogP contribution in [0.5, 0.6) is 0 Å². The zero-order chi connectivity index (χ0) is 22.3. The fourth-order valence-corrected chi connectivity index (χ4v) is 5.52. The minimum Gasteiger partial charge on any atom is -0.355 e. The van der Waals surface area contributed by atoms with Crippen LogP contribution >= 0.6 is 11.8 Å². The zero-order valence-electron chi connectivity index (χ0n) is 18.0. The first-order valence-electron chi connectivity index (χ1n) is 10.6. The van der Waals surface area contributed by atoms with Crippen LogP contribution in [0.3, 0.4) is 0 Å². The molecule has 0 radical (unpaired) electrons. The van der Waals surface area contributed by atoms with Crippen molar-refractivity contribution < 1.29 is 13.2 Å². The number of carbonyl (C=O) groups excluding carboxylic acids is 1. The lowest BCUT2D eigenvalue weighted by molar-refractivity contribution is -0.120. The van der Waals surface area contributed by atoms with Crippen molar-refractivity contribution in [3.8, 4) is 0 Å². The Labute approximate surface area is 189 Å². The number of hydrogen-bond acceptors (Lipinski definition) is 6. The second-order valence-electron chi connectivity index (χ2n) is 7.55. The predicted molar refractivity (Wildman–Crippen MR) is 123 cm³/mol. The molecule has 1 saturated heterocycles. The summed E-state index contributed by atoms with van der Waals surface area (Å²) in [5.41, 5.74) is 1.23. The average Bonchev–Trinajstić information content (AvgIpc) is 2.79. The lowest BCUT2D eigenvalue weighted by Gasteiger charge is -2.33. The molecule has 0 aliphatic carbocycles. The summed E-state index contributed by atoms with van der Waals surface area (Å²) in [4.78, 5) is 18.8. The molecular formula is C22H30N4O3S2. The van der Waals surface area contributed by atoms with Gasteiger partial charge in [-0.15, -0.1) is 0 Å². The van der Waals surface area contributed by atoms with Crippen LogP contribution in [-0.4, -0.2) is 66.5 Å². The highest BCUT2D eigenvalue weighted by molar-refractivity contribution is 8.00. The van der Waals surface area contributed by atoms with Gasteiger partial charge in [0.1, 0.15) is 4.90 Å².